The van der Waals surface area contributed by atoms with Crippen molar-refractivity contribution in [3.63, 3.8) is 0 Å². The lowest BCUT2D eigenvalue weighted by atomic mass is 9.86. The molecule has 0 saturated carbocycles. The summed E-state index contributed by atoms with van der Waals surface area (Å²) in [5.41, 5.74) is 0. The molecule has 0 aromatic rings. The second kappa shape index (κ2) is 5.23. The van der Waals surface area contributed by atoms with Crippen molar-refractivity contribution >= 4 is 6.09 Å². The molecule has 4 unspecified atom stereocenters. The normalized spacial score (nSPS) is 37.5. The van der Waals surface area contributed by atoms with Gasteiger partial charge in [0.25, 0.3) is 0 Å². The lowest BCUT2D eigenvalue weighted by Crippen LogP contribution is -2.55. The quantitative estimate of drug-likeness (QED) is 0.706. The average molecular weight is 242 g/mol. The summed E-state index contributed by atoms with van der Waals surface area (Å²) in [6, 6.07) is 0.0464. The van der Waals surface area contributed by atoms with Gasteiger partial charge in [0.1, 0.15) is 0 Å². The fourth-order valence-electron chi connectivity index (χ4n) is 3.07. The molecule has 2 heterocycles. The van der Waals surface area contributed by atoms with Crippen LogP contribution in [0, 0.1) is 5.92 Å². The van der Waals surface area contributed by atoms with Crippen molar-refractivity contribution in [1.82, 2.24) is 10.2 Å². The van der Waals surface area contributed by atoms with E-state index in [9.17, 15) is 9.90 Å². The minimum absolute atomic E-state index is 0.0993. The Balaban J connectivity index is 2.15. The van der Waals surface area contributed by atoms with Gasteiger partial charge in [-0.05, 0) is 39.2 Å². The molecule has 2 fully saturated rings. The topological polar surface area (TPSA) is 61.8 Å². The number of aliphatic hydroxyl groups excluding tert-OH is 1. The number of rotatable bonds is 1. The Labute approximate surface area is 102 Å². The summed E-state index contributed by atoms with van der Waals surface area (Å²) in [5, 5.41) is 13.3. The minimum Gasteiger partial charge on any atom is -0.450 e. The number of carbonyl (C=O) groups excluding carboxylic acids is 1. The van der Waals surface area contributed by atoms with Crippen LogP contribution in [0.4, 0.5) is 4.79 Å². The van der Waals surface area contributed by atoms with Crippen LogP contribution < -0.4 is 5.32 Å². The molecule has 0 aromatic carbocycles. The third-order valence-electron chi connectivity index (χ3n) is 3.79. The number of ether oxygens (including phenoxy) is 1. The van der Waals surface area contributed by atoms with Gasteiger partial charge in [-0.1, -0.05) is 0 Å². The number of nitrogens with zero attached hydrogens (tertiary/aromatic N) is 1. The maximum atomic E-state index is 11.9. The highest BCUT2D eigenvalue weighted by molar-refractivity contribution is 5.68. The highest BCUT2D eigenvalue weighted by Crippen LogP contribution is 2.31. The van der Waals surface area contributed by atoms with E-state index in [1.807, 2.05) is 6.92 Å². The third-order valence-corrected chi connectivity index (χ3v) is 3.79. The monoisotopic (exact) mass is 242 g/mol. The van der Waals surface area contributed by atoms with E-state index in [1.165, 1.54) is 0 Å². The van der Waals surface area contributed by atoms with E-state index in [-0.39, 0.29) is 18.2 Å². The fourth-order valence-corrected chi connectivity index (χ4v) is 3.07. The van der Waals surface area contributed by atoms with Crippen molar-refractivity contribution in [2.45, 2.75) is 44.9 Å². The second-order valence-corrected chi connectivity index (χ2v) is 5.09. The van der Waals surface area contributed by atoms with Gasteiger partial charge < -0.3 is 15.2 Å². The summed E-state index contributed by atoms with van der Waals surface area (Å²) in [6.45, 7) is 5.72. The van der Waals surface area contributed by atoms with E-state index in [0.29, 0.717) is 19.1 Å². The van der Waals surface area contributed by atoms with Crippen LogP contribution >= 0.6 is 0 Å². The summed E-state index contributed by atoms with van der Waals surface area (Å²) in [5.74, 6) is 0.554. The highest BCUT2D eigenvalue weighted by atomic mass is 16.6. The highest BCUT2D eigenvalue weighted by Gasteiger charge is 2.41. The molecule has 0 aliphatic carbocycles. The van der Waals surface area contributed by atoms with E-state index in [1.54, 1.807) is 11.8 Å². The molecular formula is C12H22N2O3. The predicted octanol–water partition coefficient (Wildman–Crippen LogP) is 0.576. The Bertz CT molecular complexity index is 285. The first-order valence-electron chi connectivity index (χ1n) is 6.47. The smallest absolute Gasteiger partial charge is 0.410 e. The largest absolute Gasteiger partial charge is 0.450 e. The number of likely N-dealkylation sites (tertiary alicyclic amines) is 1. The minimum atomic E-state index is -0.493. The Morgan fingerprint density at radius 1 is 1.47 bits per heavy atom. The van der Waals surface area contributed by atoms with Crippen LogP contribution in [-0.4, -0.2) is 54.0 Å². The first kappa shape index (κ1) is 12.6. The molecule has 1 amide bonds. The van der Waals surface area contributed by atoms with Crippen molar-refractivity contribution in [1.29, 1.82) is 0 Å². The van der Waals surface area contributed by atoms with Crippen LogP contribution in [-0.2, 0) is 4.74 Å². The SMILES string of the molecule is CCOC(=O)N1C(C)CC2CNCC(O)C1C2. The first-order chi connectivity index (χ1) is 8.13. The van der Waals surface area contributed by atoms with Crippen molar-refractivity contribution in [2.75, 3.05) is 19.7 Å². The molecule has 17 heavy (non-hydrogen) atoms. The van der Waals surface area contributed by atoms with Crippen LogP contribution in [0.1, 0.15) is 26.7 Å². The Hall–Kier alpha value is -0.810. The van der Waals surface area contributed by atoms with Crippen LogP contribution in [0.15, 0.2) is 0 Å². The zero-order valence-electron chi connectivity index (χ0n) is 10.6. The van der Waals surface area contributed by atoms with Gasteiger partial charge in [-0.15, -0.1) is 0 Å². The summed E-state index contributed by atoms with van der Waals surface area (Å²) < 4.78 is 5.09. The molecular weight excluding hydrogens is 220 g/mol. The molecule has 98 valence electrons. The number of fused-ring (bicyclic) bond motifs is 2. The van der Waals surface area contributed by atoms with E-state index >= 15 is 0 Å². The predicted molar refractivity (Wildman–Crippen MR) is 63.7 cm³/mol. The lowest BCUT2D eigenvalue weighted by Gasteiger charge is -2.43. The van der Waals surface area contributed by atoms with E-state index in [2.05, 4.69) is 5.32 Å². The Kier molecular flexibility index (Phi) is 3.89. The number of nitrogens with one attached hydrogen (secondary N) is 1. The van der Waals surface area contributed by atoms with Gasteiger partial charge in [-0.25, -0.2) is 4.79 Å². The number of piperidine rings is 1. The van der Waals surface area contributed by atoms with Crippen molar-refractivity contribution < 1.29 is 14.6 Å². The molecule has 0 spiro atoms. The maximum absolute atomic E-state index is 11.9. The summed E-state index contributed by atoms with van der Waals surface area (Å²) in [6.07, 6.45) is 1.07. The molecule has 2 aliphatic heterocycles. The third kappa shape index (κ3) is 2.55. The molecule has 0 aromatic heterocycles. The summed E-state index contributed by atoms with van der Waals surface area (Å²) in [4.78, 5) is 13.7. The molecule has 2 aliphatic rings. The number of hydrogen-bond acceptors (Lipinski definition) is 4. The van der Waals surface area contributed by atoms with Gasteiger partial charge in [0, 0.05) is 12.6 Å². The number of hydrogen-bond donors (Lipinski definition) is 2. The molecule has 2 rings (SSSR count). The van der Waals surface area contributed by atoms with Crippen molar-refractivity contribution in [2.24, 2.45) is 5.92 Å². The number of carbonyl (C=O) groups is 1. The molecule has 2 N–H and O–H groups in total. The number of amides is 1. The maximum Gasteiger partial charge on any atom is 0.410 e. The zero-order chi connectivity index (χ0) is 12.4. The standard InChI is InChI=1S/C12H22N2O3/c1-3-17-12(16)14-8(2)4-9-5-10(14)11(15)7-13-6-9/h8-11,13,15H,3-7H2,1-2H3. The number of β-amino-alcohol motifs (C(OH)–C–C–N with tert-alkyl or cyclic N) is 1. The first-order valence-corrected chi connectivity index (χ1v) is 6.47. The van der Waals surface area contributed by atoms with Crippen LogP contribution in [0.3, 0.4) is 0 Å². The zero-order valence-corrected chi connectivity index (χ0v) is 10.6. The second-order valence-electron chi connectivity index (χ2n) is 5.09. The lowest BCUT2D eigenvalue weighted by molar-refractivity contribution is -0.00521. The van der Waals surface area contributed by atoms with Gasteiger partial charge in [0.2, 0.25) is 0 Å². The van der Waals surface area contributed by atoms with E-state index in [0.717, 1.165) is 19.4 Å². The van der Waals surface area contributed by atoms with Crippen LogP contribution in [0.2, 0.25) is 0 Å². The Morgan fingerprint density at radius 2 is 2.24 bits per heavy atom. The van der Waals surface area contributed by atoms with Crippen LogP contribution in [0.25, 0.3) is 0 Å². The van der Waals surface area contributed by atoms with Gasteiger partial charge in [-0.2, -0.15) is 0 Å². The Morgan fingerprint density at radius 3 is 2.94 bits per heavy atom. The molecule has 5 heteroatoms. The molecule has 5 nitrogen and oxygen atoms in total. The molecule has 2 saturated heterocycles. The molecule has 0 radical (unpaired) electrons. The number of aliphatic hydroxyl groups is 1. The van der Waals surface area contributed by atoms with Gasteiger partial charge in [-0.3, -0.25) is 4.90 Å². The van der Waals surface area contributed by atoms with Gasteiger partial charge in [0.15, 0.2) is 0 Å². The summed E-state index contributed by atoms with van der Waals surface area (Å²) in [7, 11) is 0. The molecule has 4 atom stereocenters. The van der Waals surface area contributed by atoms with E-state index in [4.69, 9.17) is 4.74 Å². The summed E-state index contributed by atoms with van der Waals surface area (Å²) >= 11 is 0. The average Bonchev–Trinajstić information content (AvgIpc) is 2.40. The van der Waals surface area contributed by atoms with Crippen molar-refractivity contribution in [3.8, 4) is 0 Å². The fraction of sp³-hybridized carbons (Fsp3) is 0.917. The molecule has 2 bridgehead atoms. The van der Waals surface area contributed by atoms with E-state index < -0.39 is 6.10 Å². The van der Waals surface area contributed by atoms with Crippen LogP contribution in [0.5, 0.6) is 0 Å². The van der Waals surface area contributed by atoms with Gasteiger partial charge in [0.05, 0.1) is 18.8 Å². The van der Waals surface area contributed by atoms with Gasteiger partial charge >= 0.3 is 6.09 Å². The van der Waals surface area contributed by atoms with Crippen molar-refractivity contribution in [3.05, 3.63) is 0 Å².